The highest BCUT2D eigenvalue weighted by molar-refractivity contribution is 5.44. The lowest BCUT2D eigenvalue weighted by Crippen LogP contribution is -2.18. The second kappa shape index (κ2) is 6.49. The van der Waals surface area contributed by atoms with Crippen molar-refractivity contribution in [3.63, 3.8) is 0 Å². The summed E-state index contributed by atoms with van der Waals surface area (Å²) in [5, 5.41) is 0. The van der Waals surface area contributed by atoms with Crippen molar-refractivity contribution in [1.82, 2.24) is 0 Å². The number of hydrogen-bond donors (Lipinski definition) is 1. The fourth-order valence-electron chi connectivity index (χ4n) is 3.39. The van der Waals surface area contributed by atoms with Crippen LogP contribution in [0.15, 0.2) is 18.2 Å². The Morgan fingerprint density at radius 1 is 1.00 bits per heavy atom. The molecule has 1 unspecified atom stereocenters. The van der Waals surface area contributed by atoms with Crippen LogP contribution in [-0.2, 0) is 0 Å². The van der Waals surface area contributed by atoms with Crippen LogP contribution in [0.25, 0.3) is 0 Å². The van der Waals surface area contributed by atoms with Gasteiger partial charge in [-0.15, -0.1) is 0 Å². The lowest BCUT2D eigenvalue weighted by atomic mass is 9.90. The molecule has 0 amide bonds. The van der Waals surface area contributed by atoms with Crippen molar-refractivity contribution < 1.29 is 9.47 Å². The summed E-state index contributed by atoms with van der Waals surface area (Å²) in [5.74, 6) is 2.49. The molecule has 1 aliphatic carbocycles. The molecule has 1 saturated carbocycles. The zero-order valence-corrected chi connectivity index (χ0v) is 12.1. The molecule has 110 valence electrons. The second-order valence-corrected chi connectivity index (χ2v) is 6.10. The summed E-state index contributed by atoms with van der Waals surface area (Å²) in [4.78, 5) is 0. The second-order valence-electron chi connectivity index (χ2n) is 6.10. The fourth-order valence-corrected chi connectivity index (χ4v) is 3.39. The van der Waals surface area contributed by atoms with E-state index in [1.165, 1.54) is 44.1 Å². The lowest BCUT2D eigenvalue weighted by Gasteiger charge is -2.22. The minimum Gasteiger partial charge on any atom is -0.486 e. The SMILES string of the molecule is NC(CC1CCCCCC1)c1ccc2c(c1)OCCO2. The Hall–Kier alpha value is -1.22. The molecule has 0 saturated heterocycles. The third-order valence-electron chi connectivity index (χ3n) is 4.56. The summed E-state index contributed by atoms with van der Waals surface area (Å²) in [5.41, 5.74) is 7.59. The molecule has 3 rings (SSSR count). The van der Waals surface area contributed by atoms with E-state index in [9.17, 15) is 0 Å². The van der Waals surface area contributed by atoms with Crippen molar-refractivity contribution in [2.24, 2.45) is 11.7 Å². The summed E-state index contributed by atoms with van der Waals surface area (Å²) >= 11 is 0. The van der Waals surface area contributed by atoms with E-state index in [1.54, 1.807) is 0 Å². The molecule has 1 heterocycles. The van der Waals surface area contributed by atoms with E-state index in [2.05, 4.69) is 12.1 Å². The summed E-state index contributed by atoms with van der Waals surface area (Å²) in [6, 6.07) is 6.27. The van der Waals surface area contributed by atoms with E-state index in [1.807, 2.05) is 6.07 Å². The van der Waals surface area contributed by atoms with Crippen molar-refractivity contribution in [3.05, 3.63) is 23.8 Å². The maximum Gasteiger partial charge on any atom is 0.161 e. The summed E-state index contributed by atoms with van der Waals surface area (Å²) in [6.07, 6.45) is 9.33. The fraction of sp³-hybridized carbons (Fsp3) is 0.647. The van der Waals surface area contributed by atoms with Gasteiger partial charge in [0.15, 0.2) is 11.5 Å². The molecule has 1 atom stereocenters. The van der Waals surface area contributed by atoms with Crippen molar-refractivity contribution in [3.8, 4) is 11.5 Å². The number of nitrogens with two attached hydrogens (primary N) is 1. The zero-order valence-electron chi connectivity index (χ0n) is 12.1. The van der Waals surface area contributed by atoms with Crippen LogP contribution >= 0.6 is 0 Å². The van der Waals surface area contributed by atoms with Gasteiger partial charge in [0.25, 0.3) is 0 Å². The van der Waals surface area contributed by atoms with Crippen LogP contribution in [0.4, 0.5) is 0 Å². The van der Waals surface area contributed by atoms with Crippen LogP contribution in [0.2, 0.25) is 0 Å². The minimum atomic E-state index is 0.119. The lowest BCUT2D eigenvalue weighted by molar-refractivity contribution is 0.171. The summed E-state index contributed by atoms with van der Waals surface area (Å²) < 4.78 is 11.2. The Morgan fingerprint density at radius 2 is 1.70 bits per heavy atom. The highest BCUT2D eigenvalue weighted by Gasteiger charge is 2.19. The van der Waals surface area contributed by atoms with Gasteiger partial charge in [0.05, 0.1) is 0 Å². The highest BCUT2D eigenvalue weighted by Crippen LogP contribution is 2.35. The van der Waals surface area contributed by atoms with E-state index in [4.69, 9.17) is 15.2 Å². The Bertz CT molecular complexity index is 439. The highest BCUT2D eigenvalue weighted by atomic mass is 16.6. The molecule has 1 aliphatic heterocycles. The molecule has 2 N–H and O–H groups in total. The maximum absolute atomic E-state index is 6.41. The molecule has 0 aromatic heterocycles. The molecule has 20 heavy (non-hydrogen) atoms. The largest absolute Gasteiger partial charge is 0.486 e. The molecule has 1 aromatic rings. The van der Waals surface area contributed by atoms with Gasteiger partial charge >= 0.3 is 0 Å². The van der Waals surface area contributed by atoms with Gasteiger partial charge in [-0.1, -0.05) is 44.6 Å². The molecule has 1 aromatic carbocycles. The van der Waals surface area contributed by atoms with Crippen molar-refractivity contribution in [2.45, 2.75) is 51.0 Å². The Morgan fingerprint density at radius 3 is 2.45 bits per heavy atom. The topological polar surface area (TPSA) is 44.5 Å². The minimum absolute atomic E-state index is 0.119. The van der Waals surface area contributed by atoms with Crippen LogP contribution in [0.3, 0.4) is 0 Å². The van der Waals surface area contributed by atoms with E-state index < -0.39 is 0 Å². The first-order chi connectivity index (χ1) is 9.83. The predicted molar refractivity (Wildman–Crippen MR) is 80.2 cm³/mol. The monoisotopic (exact) mass is 275 g/mol. The quantitative estimate of drug-likeness (QED) is 0.853. The standard InChI is InChI=1S/C17H25NO2/c18-15(11-13-5-3-1-2-4-6-13)14-7-8-16-17(12-14)20-10-9-19-16/h7-8,12-13,15H,1-6,9-11,18H2. The molecule has 3 heteroatoms. The van der Waals surface area contributed by atoms with Gasteiger partial charge in [0.1, 0.15) is 13.2 Å². The molecule has 1 fully saturated rings. The van der Waals surface area contributed by atoms with Crippen LogP contribution in [0, 0.1) is 5.92 Å². The number of hydrogen-bond acceptors (Lipinski definition) is 3. The first-order valence-electron chi connectivity index (χ1n) is 7.98. The third-order valence-corrected chi connectivity index (χ3v) is 4.56. The molecule has 0 spiro atoms. The van der Waals surface area contributed by atoms with E-state index in [-0.39, 0.29) is 6.04 Å². The van der Waals surface area contributed by atoms with Gasteiger partial charge in [-0.25, -0.2) is 0 Å². The van der Waals surface area contributed by atoms with Crippen LogP contribution < -0.4 is 15.2 Å². The third kappa shape index (κ3) is 3.26. The van der Waals surface area contributed by atoms with E-state index in [0.29, 0.717) is 13.2 Å². The van der Waals surface area contributed by atoms with Crippen molar-refractivity contribution in [2.75, 3.05) is 13.2 Å². The van der Waals surface area contributed by atoms with Crippen molar-refractivity contribution in [1.29, 1.82) is 0 Å². The molecule has 0 bridgehead atoms. The van der Waals surface area contributed by atoms with Gasteiger partial charge in [-0.2, -0.15) is 0 Å². The number of benzene rings is 1. The van der Waals surface area contributed by atoms with Crippen LogP contribution in [0.1, 0.15) is 56.6 Å². The van der Waals surface area contributed by atoms with Crippen molar-refractivity contribution >= 4 is 0 Å². The first kappa shape index (κ1) is 13.7. The summed E-state index contributed by atoms with van der Waals surface area (Å²) in [7, 11) is 0. The molecule has 0 radical (unpaired) electrons. The van der Waals surface area contributed by atoms with E-state index in [0.717, 1.165) is 23.8 Å². The number of fused-ring (bicyclic) bond motifs is 1. The molecular formula is C17H25NO2. The predicted octanol–water partition coefficient (Wildman–Crippen LogP) is 3.82. The maximum atomic E-state index is 6.41. The first-order valence-corrected chi connectivity index (χ1v) is 7.98. The Kier molecular flexibility index (Phi) is 4.46. The van der Waals surface area contributed by atoms with Gasteiger partial charge in [-0.3, -0.25) is 0 Å². The Balaban J connectivity index is 1.65. The van der Waals surface area contributed by atoms with Crippen LogP contribution in [-0.4, -0.2) is 13.2 Å². The molecule has 3 nitrogen and oxygen atoms in total. The van der Waals surface area contributed by atoms with Gasteiger partial charge < -0.3 is 15.2 Å². The average Bonchev–Trinajstić information content (AvgIpc) is 2.75. The number of rotatable bonds is 3. The van der Waals surface area contributed by atoms with Gasteiger partial charge in [0.2, 0.25) is 0 Å². The van der Waals surface area contributed by atoms with Gasteiger partial charge in [0, 0.05) is 6.04 Å². The average molecular weight is 275 g/mol. The molecular weight excluding hydrogens is 250 g/mol. The zero-order chi connectivity index (χ0) is 13.8. The van der Waals surface area contributed by atoms with E-state index >= 15 is 0 Å². The van der Waals surface area contributed by atoms with Crippen LogP contribution in [0.5, 0.6) is 11.5 Å². The smallest absolute Gasteiger partial charge is 0.161 e. The van der Waals surface area contributed by atoms with Gasteiger partial charge in [-0.05, 0) is 30.0 Å². The normalized spacial score (nSPS) is 21.2. The Labute approximate surface area is 121 Å². The summed E-state index contributed by atoms with van der Waals surface area (Å²) in [6.45, 7) is 1.27. The number of ether oxygens (including phenoxy) is 2. The molecule has 2 aliphatic rings.